The fourth-order valence-corrected chi connectivity index (χ4v) is 3.08. The van der Waals surface area contributed by atoms with E-state index in [2.05, 4.69) is 24.4 Å². The molecule has 0 unspecified atom stereocenters. The lowest BCUT2D eigenvalue weighted by Gasteiger charge is -2.12. The van der Waals surface area contributed by atoms with Crippen LogP contribution in [0.15, 0.2) is 12.2 Å². The maximum atomic E-state index is 11.8. The second-order valence-electron chi connectivity index (χ2n) is 7.48. The molecule has 0 rings (SSSR count). The smallest absolute Gasteiger partial charge is 0.326 e. The monoisotopic (exact) mass is 394 g/mol. The molecule has 0 fully saturated rings. The Balaban J connectivity index is 3.48. The summed E-state index contributed by atoms with van der Waals surface area (Å²) in [5, 5.41) is 11.5. The van der Waals surface area contributed by atoms with Crippen LogP contribution >= 0.6 is 0 Å². The molecule has 0 saturated heterocycles. The molecule has 0 aliphatic heterocycles. The van der Waals surface area contributed by atoms with Crippen molar-refractivity contribution in [2.24, 2.45) is 0 Å². The fraction of sp³-hybridized carbons (Fsp3) is 0.783. The van der Waals surface area contributed by atoms with Crippen molar-refractivity contribution in [3.63, 3.8) is 0 Å². The third-order valence-corrected chi connectivity index (χ3v) is 4.83. The van der Waals surface area contributed by atoms with Crippen LogP contribution in [0.25, 0.3) is 0 Å². The minimum Gasteiger partial charge on any atom is -0.480 e. The van der Waals surface area contributed by atoms with E-state index in [0.717, 1.165) is 32.1 Å². The maximum absolute atomic E-state index is 11.8. The van der Waals surface area contributed by atoms with E-state index in [1.54, 1.807) is 6.29 Å². The predicted octanol–water partition coefficient (Wildman–Crippen LogP) is 5.48. The molecular weight excluding hydrogens is 354 g/mol. The molecule has 1 radical (unpaired) electrons. The number of carboxylic acid groups (broad SMARTS) is 1. The van der Waals surface area contributed by atoms with Crippen LogP contribution < -0.4 is 5.32 Å². The van der Waals surface area contributed by atoms with Gasteiger partial charge in [-0.3, -0.25) is 9.59 Å². The molecule has 28 heavy (non-hydrogen) atoms. The molecule has 1 atom stereocenters. The highest BCUT2D eigenvalue weighted by Crippen LogP contribution is 2.10. The van der Waals surface area contributed by atoms with E-state index in [1.807, 2.05) is 0 Å². The number of hydrogen-bond donors (Lipinski definition) is 2. The number of carbonyl (C=O) groups is 2. The summed E-state index contributed by atoms with van der Waals surface area (Å²) in [6.07, 6.45) is 22.3. The second kappa shape index (κ2) is 20.1. The highest BCUT2D eigenvalue weighted by molar-refractivity contribution is 5.83. The van der Waals surface area contributed by atoms with Gasteiger partial charge in [-0.1, -0.05) is 70.4 Å². The van der Waals surface area contributed by atoms with E-state index in [4.69, 9.17) is 5.11 Å². The van der Waals surface area contributed by atoms with Gasteiger partial charge in [0.1, 0.15) is 6.04 Å². The number of unbranched alkanes of at least 4 members (excludes halogenated alkanes) is 11. The molecule has 0 saturated carbocycles. The zero-order chi connectivity index (χ0) is 20.9. The van der Waals surface area contributed by atoms with Gasteiger partial charge in [0.25, 0.3) is 0 Å². The van der Waals surface area contributed by atoms with Gasteiger partial charge < -0.3 is 10.4 Å². The molecular formula is C23H40NO4. The minimum absolute atomic E-state index is 0.0185. The second-order valence-corrected chi connectivity index (χ2v) is 7.48. The van der Waals surface area contributed by atoms with Crippen LogP contribution in [0.4, 0.5) is 0 Å². The van der Waals surface area contributed by atoms with Crippen molar-refractivity contribution in [1.82, 2.24) is 5.32 Å². The lowest BCUT2D eigenvalue weighted by Crippen LogP contribution is -2.40. The molecule has 0 aromatic rings. The zero-order valence-corrected chi connectivity index (χ0v) is 17.7. The topological polar surface area (TPSA) is 83.5 Å². The quantitative estimate of drug-likeness (QED) is 0.211. The molecule has 5 nitrogen and oxygen atoms in total. The Morgan fingerprint density at radius 2 is 1.43 bits per heavy atom. The Kier molecular flexibility index (Phi) is 18.9. The average molecular weight is 395 g/mol. The van der Waals surface area contributed by atoms with Crippen molar-refractivity contribution in [3.8, 4) is 0 Å². The van der Waals surface area contributed by atoms with Crippen molar-refractivity contribution in [2.75, 3.05) is 0 Å². The molecule has 161 valence electrons. The Morgan fingerprint density at radius 1 is 0.893 bits per heavy atom. The van der Waals surface area contributed by atoms with Crippen LogP contribution in [0, 0.1) is 0 Å². The van der Waals surface area contributed by atoms with Gasteiger partial charge in [-0.05, 0) is 38.5 Å². The number of rotatable bonds is 20. The largest absolute Gasteiger partial charge is 0.480 e. The van der Waals surface area contributed by atoms with Crippen LogP contribution in [0.2, 0.25) is 0 Å². The number of amides is 1. The molecule has 0 spiro atoms. The van der Waals surface area contributed by atoms with Gasteiger partial charge in [-0.2, -0.15) is 0 Å². The van der Waals surface area contributed by atoms with Crippen LogP contribution in [0.3, 0.4) is 0 Å². The number of aliphatic carboxylic acids is 1. The molecule has 2 N–H and O–H groups in total. The van der Waals surface area contributed by atoms with Crippen molar-refractivity contribution >= 4 is 18.2 Å². The first-order valence-electron chi connectivity index (χ1n) is 11.1. The third-order valence-electron chi connectivity index (χ3n) is 4.83. The average Bonchev–Trinajstić information content (AvgIpc) is 2.67. The standard InChI is InChI=1S/C23H40NO4/c1-2-3-4-5-6-7-8-9-10-11-12-13-14-15-16-19-22(26)24-21(23(27)28)18-17-20-25/h9-10,21H,2-8,11-19H2,1H3,(H,24,26)(H,27,28)/b10-9-/t21-/m0/s1. The van der Waals surface area contributed by atoms with E-state index in [1.165, 1.54) is 51.4 Å². The van der Waals surface area contributed by atoms with Gasteiger partial charge in [0, 0.05) is 12.8 Å². The fourth-order valence-electron chi connectivity index (χ4n) is 3.08. The van der Waals surface area contributed by atoms with E-state index in [9.17, 15) is 14.4 Å². The van der Waals surface area contributed by atoms with Crippen LogP contribution in [-0.4, -0.2) is 29.3 Å². The molecule has 0 bridgehead atoms. The predicted molar refractivity (Wildman–Crippen MR) is 114 cm³/mol. The summed E-state index contributed by atoms with van der Waals surface area (Å²) in [5.74, 6) is -1.36. The highest BCUT2D eigenvalue weighted by atomic mass is 16.4. The Morgan fingerprint density at radius 3 is 1.96 bits per heavy atom. The number of allylic oxidation sites excluding steroid dienone is 2. The summed E-state index contributed by atoms with van der Waals surface area (Å²) >= 11 is 0. The van der Waals surface area contributed by atoms with Gasteiger partial charge in [-0.15, -0.1) is 0 Å². The minimum atomic E-state index is -1.10. The molecule has 0 heterocycles. The summed E-state index contributed by atoms with van der Waals surface area (Å²) in [7, 11) is 0. The van der Waals surface area contributed by atoms with Gasteiger partial charge in [0.05, 0.1) is 0 Å². The van der Waals surface area contributed by atoms with Gasteiger partial charge in [0.2, 0.25) is 5.91 Å². The van der Waals surface area contributed by atoms with Gasteiger partial charge >= 0.3 is 5.97 Å². The summed E-state index contributed by atoms with van der Waals surface area (Å²) in [6.45, 7) is 2.24. The molecule has 0 aliphatic carbocycles. The number of carboxylic acids is 1. The first kappa shape index (κ1) is 26.4. The number of carbonyl (C=O) groups excluding carboxylic acids is 2. The molecule has 1 amide bonds. The van der Waals surface area contributed by atoms with Crippen LogP contribution in [0.5, 0.6) is 0 Å². The maximum Gasteiger partial charge on any atom is 0.326 e. The number of nitrogens with one attached hydrogen (secondary N) is 1. The van der Waals surface area contributed by atoms with Gasteiger partial charge in [0.15, 0.2) is 6.29 Å². The molecule has 0 aromatic carbocycles. The summed E-state index contributed by atoms with van der Waals surface area (Å²) < 4.78 is 0. The SMILES string of the molecule is CCCCCCCC/C=C\CCCCCCCC(=O)N[C@@H](CC[C]=O)C(=O)O. The van der Waals surface area contributed by atoms with Crippen molar-refractivity contribution < 1.29 is 19.5 Å². The first-order chi connectivity index (χ1) is 13.6. The number of hydrogen-bond acceptors (Lipinski definition) is 3. The lowest BCUT2D eigenvalue weighted by atomic mass is 10.1. The van der Waals surface area contributed by atoms with E-state index in [0.29, 0.717) is 6.42 Å². The van der Waals surface area contributed by atoms with Crippen molar-refractivity contribution in [1.29, 1.82) is 0 Å². The van der Waals surface area contributed by atoms with Crippen molar-refractivity contribution in [2.45, 2.75) is 116 Å². The van der Waals surface area contributed by atoms with E-state index in [-0.39, 0.29) is 18.7 Å². The van der Waals surface area contributed by atoms with Crippen LogP contribution in [0.1, 0.15) is 110 Å². The molecule has 0 aromatic heterocycles. The third kappa shape index (κ3) is 17.7. The Bertz CT molecular complexity index is 434. The molecule has 0 aliphatic rings. The van der Waals surface area contributed by atoms with Crippen molar-refractivity contribution in [3.05, 3.63) is 12.2 Å². The highest BCUT2D eigenvalue weighted by Gasteiger charge is 2.18. The van der Waals surface area contributed by atoms with Gasteiger partial charge in [-0.25, -0.2) is 4.79 Å². The van der Waals surface area contributed by atoms with E-state index < -0.39 is 12.0 Å². The Labute approximate surface area is 171 Å². The summed E-state index contributed by atoms with van der Waals surface area (Å²) in [6, 6.07) is -0.989. The normalized spacial score (nSPS) is 12.2. The summed E-state index contributed by atoms with van der Waals surface area (Å²) in [4.78, 5) is 33.0. The summed E-state index contributed by atoms with van der Waals surface area (Å²) in [5.41, 5.74) is 0. The zero-order valence-electron chi connectivity index (χ0n) is 17.7. The lowest BCUT2D eigenvalue weighted by molar-refractivity contribution is -0.142. The van der Waals surface area contributed by atoms with Crippen LogP contribution in [-0.2, 0) is 14.4 Å². The molecule has 5 heteroatoms. The Hall–Kier alpha value is -1.65. The van der Waals surface area contributed by atoms with E-state index >= 15 is 0 Å². The first-order valence-corrected chi connectivity index (χ1v) is 11.1.